The molecular formula is C10H23NO4S. The lowest BCUT2D eigenvalue weighted by Gasteiger charge is -2.21. The molecule has 5 nitrogen and oxygen atoms in total. The van der Waals surface area contributed by atoms with E-state index < -0.39 is 10.1 Å². The van der Waals surface area contributed by atoms with Crippen molar-refractivity contribution in [2.75, 3.05) is 32.0 Å². The molecule has 0 heterocycles. The average Bonchev–Trinajstić information content (AvgIpc) is 2.12. The molecule has 0 unspecified atom stereocenters. The third-order valence-electron chi connectivity index (χ3n) is 2.32. The molecule has 0 aromatic carbocycles. The number of hydrogen-bond acceptors (Lipinski definition) is 4. The number of nitrogens with zero attached hydrogens (tertiary/aromatic N) is 1. The van der Waals surface area contributed by atoms with Crippen molar-refractivity contribution in [2.45, 2.75) is 26.7 Å². The summed E-state index contributed by atoms with van der Waals surface area (Å²) >= 11 is 0. The molecule has 0 aliphatic carbocycles. The fourth-order valence-corrected chi connectivity index (χ4v) is 1.88. The van der Waals surface area contributed by atoms with Crippen LogP contribution in [-0.2, 0) is 10.1 Å². The smallest absolute Gasteiger partial charge is 0.264 e. The molecule has 0 aromatic rings. The molecule has 0 fully saturated rings. The third-order valence-corrected chi connectivity index (χ3v) is 3.12. The van der Waals surface area contributed by atoms with Crippen molar-refractivity contribution in [2.24, 2.45) is 5.92 Å². The maximum atomic E-state index is 10.5. The first-order valence-corrected chi connectivity index (χ1v) is 7.24. The summed E-state index contributed by atoms with van der Waals surface area (Å²) in [6, 6.07) is 0. The zero-order valence-corrected chi connectivity index (χ0v) is 10.9. The summed E-state index contributed by atoms with van der Waals surface area (Å²) in [7, 11) is -3.86. The Morgan fingerprint density at radius 3 is 2.25 bits per heavy atom. The van der Waals surface area contributed by atoms with Crippen LogP contribution in [0.1, 0.15) is 26.7 Å². The van der Waals surface area contributed by atoms with E-state index in [2.05, 4.69) is 13.8 Å². The quantitative estimate of drug-likeness (QED) is 0.589. The van der Waals surface area contributed by atoms with Crippen LogP contribution in [0, 0.1) is 5.92 Å². The zero-order chi connectivity index (χ0) is 12.6. The molecule has 0 radical (unpaired) electrons. The van der Waals surface area contributed by atoms with Gasteiger partial charge in [0.25, 0.3) is 10.1 Å². The van der Waals surface area contributed by atoms with Gasteiger partial charge in [0, 0.05) is 6.54 Å². The van der Waals surface area contributed by atoms with E-state index in [1.54, 1.807) is 0 Å². The van der Waals surface area contributed by atoms with Crippen molar-refractivity contribution in [3.05, 3.63) is 0 Å². The van der Waals surface area contributed by atoms with Gasteiger partial charge in [-0.15, -0.1) is 0 Å². The van der Waals surface area contributed by atoms with Crippen molar-refractivity contribution >= 4 is 10.1 Å². The molecule has 0 atom stereocenters. The van der Waals surface area contributed by atoms with Gasteiger partial charge in [0.15, 0.2) is 0 Å². The van der Waals surface area contributed by atoms with Gasteiger partial charge in [-0.3, -0.25) is 4.55 Å². The highest BCUT2D eigenvalue weighted by molar-refractivity contribution is 7.85. The van der Waals surface area contributed by atoms with Crippen LogP contribution in [0.3, 0.4) is 0 Å². The summed E-state index contributed by atoms with van der Waals surface area (Å²) in [5.74, 6) is 0.374. The van der Waals surface area contributed by atoms with Gasteiger partial charge >= 0.3 is 0 Å². The van der Waals surface area contributed by atoms with E-state index in [1.165, 1.54) is 0 Å². The molecule has 0 aliphatic rings. The molecule has 0 amide bonds. The number of rotatable bonds is 9. The van der Waals surface area contributed by atoms with Crippen LogP contribution in [0.25, 0.3) is 0 Å². The Balaban J connectivity index is 3.84. The van der Waals surface area contributed by atoms with Crippen molar-refractivity contribution in [1.29, 1.82) is 0 Å². The highest BCUT2D eigenvalue weighted by Gasteiger charge is 2.08. The minimum atomic E-state index is -3.86. The normalized spacial score (nSPS) is 12.6. The van der Waals surface area contributed by atoms with Crippen LogP contribution < -0.4 is 0 Å². The first-order chi connectivity index (χ1) is 7.35. The van der Waals surface area contributed by atoms with E-state index in [-0.39, 0.29) is 12.4 Å². The second-order valence-corrected chi connectivity index (χ2v) is 5.96. The summed E-state index contributed by atoms with van der Waals surface area (Å²) in [6.45, 7) is 6.31. The Labute approximate surface area is 98.2 Å². The highest BCUT2D eigenvalue weighted by atomic mass is 32.2. The summed E-state index contributed by atoms with van der Waals surface area (Å²) in [5.41, 5.74) is 0. The first-order valence-electron chi connectivity index (χ1n) is 5.63. The van der Waals surface area contributed by atoms with Crippen LogP contribution in [-0.4, -0.2) is 55.0 Å². The summed E-state index contributed by atoms with van der Waals surface area (Å²) in [6.07, 6.45) is 1.42. The van der Waals surface area contributed by atoms with E-state index in [1.807, 2.05) is 4.90 Å². The van der Waals surface area contributed by atoms with E-state index in [0.29, 0.717) is 25.4 Å². The van der Waals surface area contributed by atoms with E-state index >= 15 is 0 Å². The number of aliphatic hydroxyl groups is 1. The van der Waals surface area contributed by atoms with Crippen molar-refractivity contribution in [1.82, 2.24) is 4.90 Å². The van der Waals surface area contributed by atoms with E-state index in [4.69, 9.17) is 9.66 Å². The van der Waals surface area contributed by atoms with E-state index in [9.17, 15) is 8.42 Å². The molecule has 0 aliphatic heterocycles. The second-order valence-electron chi connectivity index (χ2n) is 4.39. The standard InChI is InChI=1S/C10H23NO4S/c1-10(2)4-6-11(7-8-12)5-3-9-16(13,14)15/h10,12H,3-9H2,1-2H3,(H,13,14,15). The molecule has 0 saturated heterocycles. The second kappa shape index (κ2) is 8.00. The first kappa shape index (κ1) is 15.8. The van der Waals surface area contributed by atoms with Crippen molar-refractivity contribution < 1.29 is 18.1 Å². The van der Waals surface area contributed by atoms with Gasteiger partial charge in [-0.1, -0.05) is 13.8 Å². The van der Waals surface area contributed by atoms with Crippen molar-refractivity contribution in [3.63, 3.8) is 0 Å². The largest absolute Gasteiger partial charge is 0.395 e. The van der Waals surface area contributed by atoms with Crippen molar-refractivity contribution in [3.8, 4) is 0 Å². The summed E-state index contributed by atoms with van der Waals surface area (Å²) < 4.78 is 29.6. The summed E-state index contributed by atoms with van der Waals surface area (Å²) in [4.78, 5) is 2.02. The Morgan fingerprint density at radius 1 is 1.19 bits per heavy atom. The SMILES string of the molecule is CC(C)CCN(CCO)CCCS(=O)(=O)O. The third kappa shape index (κ3) is 10.4. The maximum absolute atomic E-state index is 10.5. The Bertz CT molecular complexity index is 264. The molecule has 98 valence electrons. The topological polar surface area (TPSA) is 77.8 Å². The van der Waals surface area contributed by atoms with Crippen LogP contribution in [0.5, 0.6) is 0 Å². The van der Waals surface area contributed by atoms with Crippen LogP contribution in [0.15, 0.2) is 0 Å². The molecule has 6 heteroatoms. The molecule has 0 bridgehead atoms. The van der Waals surface area contributed by atoms with Gasteiger partial charge in [0.1, 0.15) is 0 Å². The lowest BCUT2D eigenvalue weighted by Crippen LogP contribution is -2.30. The maximum Gasteiger partial charge on any atom is 0.264 e. The molecule has 0 saturated carbocycles. The van der Waals surface area contributed by atoms with Gasteiger partial charge in [-0.25, -0.2) is 0 Å². The minimum Gasteiger partial charge on any atom is -0.395 e. The number of hydrogen-bond donors (Lipinski definition) is 2. The Morgan fingerprint density at radius 2 is 1.81 bits per heavy atom. The molecular weight excluding hydrogens is 230 g/mol. The van der Waals surface area contributed by atoms with Gasteiger partial charge in [-0.05, 0) is 31.8 Å². The van der Waals surface area contributed by atoms with Gasteiger partial charge in [0.05, 0.1) is 12.4 Å². The molecule has 16 heavy (non-hydrogen) atoms. The fourth-order valence-electron chi connectivity index (χ4n) is 1.39. The monoisotopic (exact) mass is 253 g/mol. The molecule has 0 aromatic heterocycles. The predicted octanol–water partition coefficient (Wildman–Crippen LogP) is 0.605. The molecule has 0 rings (SSSR count). The molecule has 0 spiro atoms. The van der Waals surface area contributed by atoms with Crippen LogP contribution >= 0.6 is 0 Å². The lowest BCUT2D eigenvalue weighted by molar-refractivity contribution is 0.189. The molecule has 2 N–H and O–H groups in total. The minimum absolute atomic E-state index is 0.0734. The van der Waals surface area contributed by atoms with Gasteiger partial charge in [0.2, 0.25) is 0 Å². The lowest BCUT2D eigenvalue weighted by atomic mass is 10.1. The van der Waals surface area contributed by atoms with Gasteiger partial charge in [-0.2, -0.15) is 8.42 Å². The Kier molecular flexibility index (Phi) is 7.91. The van der Waals surface area contributed by atoms with Crippen LogP contribution in [0.4, 0.5) is 0 Å². The van der Waals surface area contributed by atoms with E-state index in [0.717, 1.165) is 13.0 Å². The highest BCUT2D eigenvalue weighted by Crippen LogP contribution is 2.03. The average molecular weight is 253 g/mol. The number of aliphatic hydroxyl groups excluding tert-OH is 1. The zero-order valence-electron chi connectivity index (χ0n) is 10.1. The Hall–Kier alpha value is -0.170. The van der Waals surface area contributed by atoms with Crippen LogP contribution in [0.2, 0.25) is 0 Å². The fraction of sp³-hybridized carbons (Fsp3) is 1.00. The summed E-state index contributed by atoms with van der Waals surface area (Å²) in [5, 5.41) is 8.85. The van der Waals surface area contributed by atoms with Gasteiger partial charge < -0.3 is 10.0 Å². The predicted molar refractivity (Wildman–Crippen MR) is 64.0 cm³/mol.